The molecule has 3 aromatic rings. The van der Waals surface area contributed by atoms with Gasteiger partial charge >= 0.3 is 0 Å². The lowest BCUT2D eigenvalue weighted by Crippen LogP contribution is -2.56. The molecule has 2 amide bonds. The quantitative estimate of drug-likeness (QED) is 0.532. The molecular weight excluding hydrogens is 462 g/mol. The Bertz CT molecular complexity index is 1270. The minimum absolute atomic E-state index is 0.0169. The number of carbonyl (C=O) groups is 2. The van der Waals surface area contributed by atoms with Crippen LogP contribution in [0.15, 0.2) is 60.7 Å². The van der Waals surface area contributed by atoms with E-state index < -0.39 is 0 Å². The predicted molar refractivity (Wildman–Crippen MR) is 147 cm³/mol. The molecule has 1 fully saturated rings. The van der Waals surface area contributed by atoms with E-state index >= 15 is 0 Å². The van der Waals surface area contributed by atoms with E-state index in [1.165, 1.54) is 17.7 Å². The third-order valence-electron chi connectivity index (χ3n) is 7.96. The molecule has 0 radical (unpaired) electrons. The van der Waals surface area contributed by atoms with E-state index in [1.807, 2.05) is 32.3 Å². The van der Waals surface area contributed by atoms with Gasteiger partial charge in [0.25, 0.3) is 11.8 Å². The summed E-state index contributed by atoms with van der Waals surface area (Å²) in [5.74, 6) is 0.00112. The van der Waals surface area contributed by atoms with Crippen LogP contribution < -0.4 is 10.2 Å². The Kier molecular flexibility index (Phi) is 6.82. The van der Waals surface area contributed by atoms with Crippen LogP contribution in [0.3, 0.4) is 0 Å². The lowest BCUT2D eigenvalue weighted by atomic mass is 9.71. The summed E-state index contributed by atoms with van der Waals surface area (Å²) >= 11 is 0. The summed E-state index contributed by atoms with van der Waals surface area (Å²) in [5.41, 5.74) is 6.14. The largest absolute Gasteiger partial charge is 0.378 e. The molecule has 194 valence electrons. The van der Waals surface area contributed by atoms with Crippen molar-refractivity contribution in [2.24, 2.45) is 0 Å². The summed E-state index contributed by atoms with van der Waals surface area (Å²) < 4.78 is 2.24. The van der Waals surface area contributed by atoms with Gasteiger partial charge in [0, 0.05) is 71.3 Å². The molecule has 7 nitrogen and oxygen atoms in total. The number of hydrogen-bond donors (Lipinski definition) is 1. The van der Waals surface area contributed by atoms with E-state index in [9.17, 15) is 9.59 Å². The molecule has 1 aromatic heterocycles. The Balaban J connectivity index is 1.28. The lowest BCUT2D eigenvalue weighted by Gasteiger charge is -2.53. The second-order valence-corrected chi connectivity index (χ2v) is 10.7. The van der Waals surface area contributed by atoms with Crippen LogP contribution in [0.1, 0.15) is 56.9 Å². The summed E-state index contributed by atoms with van der Waals surface area (Å²) in [6.07, 6.45) is 3.41. The molecule has 1 aliphatic heterocycles. The van der Waals surface area contributed by atoms with E-state index in [-0.39, 0.29) is 17.4 Å². The third kappa shape index (κ3) is 4.76. The Morgan fingerprint density at radius 2 is 1.54 bits per heavy atom. The second kappa shape index (κ2) is 10.1. The Morgan fingerprint density at radius 1 is 0.865 bits per heavy atom. The molecule has 1 N–H and O–H groups in total. The van der Waals surface area contributed by atoms with Crippen LogP contribution in [0.5, 0.6) is 0 Å². The molecule has 1 aliphatic carbocycles. The maximum Gasteiger partial charge on any atom is 0.268 e. The van der Waals surface area contributed by atoms with Crippen LogP contribution in [0, 0.1) is 0 Å². The molecule has 5 rings (SSSR count). The van der Waals surface area contributed by atoms with Gasteiger partial charge in [0.15, 0.2) is 0 Å². The topological polar surface area (TPSA) is 60.8 Å². The highest BCUT2D eigenvalue weighted by atomic mass is 16.2. The van der Waals surface area contributed by atoms with Crippen molar-refractivity contribution in [3.8, 4) is 0 Å². The number of nitrogens with zero attached hydrogens (tertiary/aromatic N) is 4. The monoisotopic (exact) mass is 499 g/mol. The van der Waals surface area contributed by atoms with Crippen LogP contribution in [-0.4, -0.2) is 60.9 Å². The lowest BCUT2D eigenvalue weighted by molar-refractivity contribution is -0.0217. The van der Waals surface area contributed by atoms with Gasteiger partial charge < -0.3 is 19.7 Å². The first-order valence-electron chi connectivity index (χ1n) is 13.1. The van der Waals surface area contributed by atoms with E-state index in [2.05, 4.69) is 62.1 Å². The first-order chi connectivity index (χ1) is 17.8. The number of aromatic nitrogens is 1. The second-order valence-electron chi connectivity index (χ2n) is 10.7. The maximum absolute atomic E-state index is 13.2. The minimum Gasteiger partial charge on any atom is -0.378 e. The van der Waals surface area contributed by atoms with Crippen molar-refractivity contribution in [3.63, 3.8) is 0 Å². The highest BCUT2D eigenvalue weighted by molar-refractivity contribution is 5.94. The number of benzene rings is 2. The Hall–Kier alpha value is -3.58. The number of rotatable bonds is 7. The third-order valence-corrected chi connectivity index (χ3v) is 7.96. The van der Waals surface area contributed by atoms with E-state index in [1.54, 1.807) is 19.0 Å². The van der Waals surface area contributed by atoms with Crippen LogP contribution in [-0.2, 0) is 25.2 Å². The fourth-order valence-corrected chi connectivity index (χ4v) is 5.64. The molecule has 0 bridgehead atoms. The molecule has 0 atom stereocenters. The molecule has 1 saturated carbocycles. The van der Waals surface area contributed by atoms with Crippen molar-refractivity contribution in [2.75, 3.05) is 39.6 Å². The van der Waals surface area contributed by atoms with Gasteiger partial charge in [0.1, 0.15) is 5.69 Å². The molecule has 0 saturated heterocycles. The first kappa shape index (κ1) is 25.1. The summed E-state index contributed by atoms with van der Waals surface area (Å²) in [5, 5.41) is 3.12. The van der Waals surface area contributed by atoms with Gasteiger partial charge in [-0.1, -0.05) is 24.3 Å². The van der Waals surface area contributed by atoms with Crippen LogP contribution in [0.2, 0.25) is 0 Å². The molecular formula is C30H37N5O2. The number of hydrogen-bond acceptors (Lipinski definition) is 4. The van der Waals surface area contributed by atoms with Crippen molar-refractivity contribution in [2.45, 2.75) is 44.4 Å². The average Bonchev–Trinajstić information content (AvgIpc) is 3.31. The smallest absolute Gasteiger partial charge is 0.268 e. The average molecular weight is 500 g/mol. The predicted octanol–water partition coefficient (Wildman–Crippen LogP) is 4.08. The van der Waals surface area contributed by atoms with Crippen LogP contribution >= 0.6 is 0 Å². The van der Waals surface area contributed by atoms with Crippen LogP contribution in [0.25, 0.3) is 0 Å². The Labute approximate surface area is 219 Å². The molecule has 2 heterocycles. The molecule has 7 heteroatoms. The summed E-state index contributed by atoms with van der Waals surface area (Å²) in [6.45, 7) is 3.04. The number of nitrogens with one attached hydrogen (secondary N) is 1. The van der Waals surface area contributed by atoms with Gasteiger partial charge in [0.05, 0.1) is 5.54 Å². The summed E-state index contributed by atoms with van der Waals surface area (Å²) in [7, 11) is 7.59. The minimum atomic E-state index is -0.0213. The van der Waals surface area contributed by atoms with Crippen molar-refractivity contribution < 1.29 is 9.59 Å². The molecule has 1 spiro atoms. The fourth-order valence-electron chi connectivity index (χ4n) is 5.64. The SMILES string of the molecule is CN(C)C(=O)c1ccc(CN2CCn3c(C(=O)NCc4ccc(N(C)C)cc4)ccc3C23CCC3)cc1. The molecule has 2 aromatic carbocycles. The van der Waals surface area contributed by atoms with Gasteiger partial charge in [-0.05, 0) is 66.8 Å². The number of anilines is 1. The standard InChI is InChI=1S/C30H37N5O2/c1-32(2)25-12-8-22(9-13-25)20-31-28(36)26-14-15-27-30(16-5-17-30)34(18-19-35(26)27)21-23-6-10-24(11-7-23)29(37)33(3)4/h6-15H,5,16-21H2,1-4H3,(H,31,36). The maximum atomic E-state index is 13.2. The zero-order chi connectivity index (χ0) is 26.2. The van der Waals surface area contributed by atoms with Crippen LogP contribution in [0.4, 0.5) is 5.69 Å². The van der Waals surface area contributed by atoms with Crippen molar-refractivity contribution in [1.29, 1.82) is 0 Å². The van der Waals surface area contributed by atoms with Gasteiger partial charge in [-0.25, -0.2) is 0 Å². The first-order valence-corrected chi connectivity index (χ1v) is 13.1. The Morgan fingerprint density at radius 3 is 2.14 bits per heavy atom. The van der Waals surface area contributed by atoms with Gasteiger partial charge in [-0.2, -0.15) is 0 Å². The summed E-state index contributed by atoms with van der Waals surface area (Å²) in [6, 6.07) is 20.4. The fraction of sp³-hybridized carbons (Fsp3) is 0.400. The van der Waals surface area contributed by atoms with Crippen molar-refractivity contribution in [1.82, 2.24) is 19.7 Å². The molecule has 2 aliphatic rings. The number of amides is 2. The highest BCUT2D eigenvalue weighted by Gasteiger charge is 2.48. The zero-order valence-electron chi connectivity index (χ0n) is 22.3. The molecule has 0 unspecified atom stereocenters. The highest BCUT2D eigenvalue weighted by Crippen LogP contribution is 2.49. The van der Waals surface area contributed by atoms with E-state index in [0.717, 1.165) is 49.4 Å². The zero-order valence-corrected chi connectivity index (χ0v) is 22.3. The van der Waals surface area contributed by atoms with Gasteiger partial charge in [-0.3, -0.25) is 14.5 Å². The molecule has 37 heavy (non-hydrogen) atoms. The van der Waals surface area contributed by atoms with Gasteiger partial charge in [-0.15, -0.1) is 0 Å². The van der Waals surface area contributed by atoms with Crippen molar-refractivity contribution in [3.05, 3.63) is 88.7 Å². The number of carbonyl (C=O) groups excluding carboxylic acids is 2. The number of fused-ring (bicyclic) bond motifs is 2. The normalized spacial score (nSPS) is 16.1. The summed E-state index contributed by atoms with van der Waals surface area (Å²) in [4.78, 5) is 31.6. The van der Waals surface area contributed by atoms with Crippen molar-refractivity contribution >= 4 is 17.5 Å². The van der Waals surface area contributed by atoms with E-state index in [4.69, 9.17) is 0 Å². The van der Waals surface area contributed by atoms with E-state index in [0.29, 0.717) is 12.1 Å². The van der Waals surface area contributed by atoms with Gasteiger partial charge in [0.2, 0.25) is 0 Å².